The third-order valence-electron chi connectivity index (χ3n) is 3.19. The molecule has 0 bridgehead atoms. The average Bonchev–Trinajstić information content (AvgIpc) is 2.38. The Morgan fingerprint density at radius 1 is 1.24 bits per heavy atom. The fraction of sp³-hybridized carbons (Fsp3) is 0.188. The van der Waals surface area contributed by atoms with Crippen LogP contribution in [0.3, 0.4) is 0 Å². The molecule has 2 aromatic carbocycles. The Kier molecular flexibility index (Phi) is 2.97. The predicted molar refractivity (Wildman–Crippen MR) is 71.7 cm³/mol. The number of rotatable bonds is 3. The molecule has 0 aromatic heterocycles. The van der Waals surface area contributed by atoms with Crippen LogP contribution < -0.4 is 0 Å². The van der Waals surface area contributed by atoms with Gasteiger partial charge in [-0.05, 0) is 35.7 Å². The number of nitrogens with zero attached hydrogens (tertiary/aromatic N) is 1. The van der Waals surface area contributed by atoms with Crippen molar-refractivity contribution in [2.75, 3.05) is 0 Å². The Hall–Kier alpha value is -2.07. The van der Waals surface area contributed by atoms with Gasteiger partial charge >= 0.3 is 0 Å². The monoisotopic (exact) mass is 221 g/mol. The average molecular weight is 221 g/mol. The zero-order chi connectivity index (χ0) is 12.3. The van der Waals surface area contributed by atoms with Crippen molar-refractivity contribution in [1.29, 1.82) is 5.26 Å². The van der Waals surface area contributed by atoms with Crippen LogP contribution in [0.1, 0.15) is 18.9 Å². The molecule has 2 rings (SSSR count). The summed E-state index contributed by atoms with van der Waals surface area (Å²) in [5, 5.41) is 11.7. The lowest BCUT2D eigenvalue weighted by Gasteiger charge is -2.20. The number of hydrogen-bond donors (Lipinski definition) is 0. The van der Waals surface area contributed by atoms with Crippen molar-refractivity contribution in [3.8, 4) is 6.07 Å². The highest BCUT2D eigenvalue weighted by Gasteiger charge is 2.24. The number of fused-ring (bicyclic) bond motifs is 1. The summed E-state index contributed by atoms with van der Waals surface area (Å²) in [4.78, 5) is 0. The second kappa shape index (κ2) is 4.43. The minimum absolute atomic E-state index is 0.480. The SMILES string of the molecule is C=CCC(C)(C#N)c1ccc2ccccc2c1. The Morgan fingerprint density at radius 3 is 2.59 bits per heavy atom. The van der Waals surface area contributed by atoms with Crippen LogP contribution >= 0.6 is 0 Å². The molecule has 0 saturated carbocycles. The van der Waals surface area contributed by atoms with Gasteiger partial charge in [-0.1, -0.05) is 42.5 Å². The summed E-state index contributed by atoms with van der Waals surface area (Å²) in [6, 6.07) is 16.8. The summed E-state index contributed by atoms with van der Waals surface area (Å²) in [6.45, 7) is 5.69. The molecule has 0 aliphatic carbocycles. The first-order valence-corrected chi connectivity index (χ1v) is 5.71. The van der Waals surface area contributed by atoms with E-state index in [9.17, 15) is 5.26 Å². The summed E-state index contributed by atoms with van der Waals surface area (Å²) in [6.07, 6.45) is 2.47. The van der Waals surface area contributed by atoms with E-state index < -0.39 is 5.41 Å². The molecule has 0 radical (unpaired) electrons. The van der Waals surface area contributed by atoms with Crippen LogP contribution in [0.25, 0.3) is 10.8 Å². The predicted octanol–water partition coefficient (Wildman–Crippen LogP) is 4.20. The van der Waals surface area contributed by atoms with E-state index in [0.717, 1.165) is 5.56 Å². The lowest BCUT2D eigenvalue weighted by molar-refractivity contribution is 0.622. The van der Waals surface area contributed by atoms with Gasteiger partial charge < -0.3 is 0 Å². The van der Waals surface area contributed by atoms with Crippen LogP contribution in [-0.4, -0.2) is 0 Å². The van der Waals surface area contributed by atoms with Crippen molar-refractivity contribution >= 4 is 10.8 Å². The van der Waals surface area contributed by atoms with Crippen LogP contribution in [0.2, 0.25) is 0 Å². The summed E-state index contributed by atoms with van der Waals surface area (Å²) < 4.78 is 0. The van der Waals surface area contributed by atoms with E-state index in [1.807, 2.05) is 25.1 Å². The quantitative estimate of drug-likeness (QED) is 0.713. The molecule has 1 atom stereocenters. The molecular formula is C16H15N. The molecule has 0 fully saturated rings. The van der Waals surface area contributed by atoms with Gasteiger partial charge in [0, 0.05) is 0 Å². The van der Waals surface area contributed by atoms with Crippen molar-refractivity contribution in [3.63, 3.8) is 0 Å². The van der Waals surface area contributed by atoms with E-state index in [1.165, 1.54) is 10.8 Å². The number of allylic oxidation sites excluding steroid dienone is 1. The minimum atomic E-state index is -0.480. The zero-order valence-corrected chi connectivity index (χ0v) is 9.98. The first-order valence-electron chi connectivity index (χ1n) is 5.71. The Labute approximate surface area is 102 Å². The largest absolute Gasteiger partial charge is 0.197 e. The van der Waals surface area contributed by atoms with Gasteiger partial charge in [0.1, 0.15) is 0 Å². The van der Waals surface area contributed by atoms with Crippen molar-refractivity contribution in [2.45, 2.75) is 18.8 Å². The van der Waals surface area contributed by atoms with E-state index in [-0.39, 0.29) is 0 Å². The maximum atomic E-state index is 9.34. The molecule has 1 unspecified atom stereocenters. The fourth-order valence-electron chi connectivity index (χ4n) is 2.05. The van der Waals surface area contributed by atoms with Crippen LogP contribution in [0.15, 0.2) is 55.1 Å². The van der Waals surface area contributed by atoms with Gasteiger partial charge in [-0.3, -0.25) is 0 Å². The van der Waals surface area contributed by atoms with Gasteiger partial charge in [-0.15, -0.1) is 6.58 Å². The van der Waals surface area contributed by atoms with E-state index in [2.05, 4.69) is 36.9 Å². The number of benzene rings is 2. The third kappa shape index (κ3) is 2.07. The molecule has 2 aromatic rings. The lowest BCUT2D eigenvalue weighted by atomic mass is 9.80. The van der Waals surface area contributed by atoms with Crippen LogP contribution in [0.4, 0.5) is 0 Å². The zero-order valence-electron chi connectivity index (χ0n) is 9.98. The standard InChI is InChI=1S/C16H15N/c1-3-10-16(2,12-17)15-9-8-13-6-4-5-7-14(13)11-15/h3-9,11H,1,10H2,2H3. The molecule has 17 heavy (non-hydrogen) atoms. The van der Waals surface area contributed by atoms with Gasteiger partial charge in [-0.25, -0.2) is 0 Å². The van der Waals surface area contributed by atoms with E-state index in [0.29, 0.717) is 6.42 Å². The fourth-order valence-corrected chi connectivity index (χ4v) is 2.05. The number of hydrogen-bond acceptors (Lipinski definition) is 1. The highest BCUT2D eigenvalue weighted by molar-refractivity contribution is 5.83. The highest BCUT2D eigenvalue weighted by Crippen LogP contribution is 2.29. The smallest absolute Gasteiger partial charge is 0.0828 e. The number of nitriles is 1. The van der Waals surface area contributed by atoms with Crippen molar-refractivity contribution in [2.24, 2.45) is 0 Å². The van der Waals surface area contributed by atoms with Crippen molar-refractivity contribution < 1.29 is 0 Å². The maximum absolute atomic E-state index is 9.34. The molecule has 0 amide bonds. The molecule has 0 aliphatic rings. The summed E-state index contributed by atoms with van der Waals surface area (Å²) >= 11 is 0. The molecule has 0 N–H and O–H groups in total. The van der Waals surface area contributed by atoms with Gasteiger partial charge in [0.15, 0.2) is 0 Å². The lowest BCUT2D eigenvalue weighted by Crippen LogP contribution is -2.18. The molecular weight excluding hydrogens is 206 g/mol. The normalized spacial score (nSPS) is 13.9. The molecule has 0 heterocycles. The molecule has 0 saturated heterocycles. The van der Waals surface area contributed by atoms with Gasteiger partial charge in [0.2, 0.25) is 0 Å². The maximum Gasteiger partial charge on any atom is 0.0828 e. The molecule has 0 aliphatic heterocycles. The van der Waals surface area contributed by atoms with Gasteiger partial charge in [0.05, 0.1) is 11.5 Å². The van der Waals surface area contributed by atoms with E-state index >= 15 is 0 Å². The second-order valence-corrected chi connectivity index (χ2v) is 4.50. The highest BCUT2D eigenvalue weighted by atomic mass is 14.3. The summed E-state index contributed by atoms with van der Waals surface area (Å²) in [5.41, 5.74) is 0.574. The Balaban J connectivity index is 2.56. The topological polar surface area (TPSA) is 23.8 Å². The first kappa shape index (κ1) is 11.4. The molecule has 1 nitrogen and oxygen atoms in total. The van der Waals surface area contributed by atoms with E-state index in [4.69, 9.17) is 0 Å². The minimum Gasteiger partial charge on any atom is -0.197 e. The molecule has 0 spiro atoms. The third-order valence-corrected chi connectivity index (χ3v) is 3.19. The van der Waals surface area contributed by atoms with Crippen molar-refractivity contribution in [3.05, 3.63) is 60.7 Å². The first-order chi connectivity index (χ1) is 8.19. The Morgan fingerprint density at radius 2 is 1.94 bits per heavy atom. The molecule has 1 heteroatoms. The Bertz CT molecular complexity index is 592. The van der Waals surface area contributed by atoms with Gasteiger partial charge in [-0.2, -0.15) is 5.26 Å². The van der Waals surface area contributed by atoms with Crippen LogP contribution in [0.5, 0.6) is 0 Å². The van der Waals surface area contributed by atoms with E-state index in [1.54, 1.807) is 6.08 Å². The van der Waals surface area contributed by atoms with Crippen molar-refractivity contribution in [1.82, 2.24) is 0 Å². The van der Waals surface area contributed by atoms with Crippen LogP contribution in [-0.2, 0) is 5.41 Å². The summed E-state index contributed by atoms with van der Waals surface area (Å²) in [5.74, 6) is 0. The summed E-state index contributed by atoms with van der Waals surface area (Å²) in [7, 11) is 0. The van der Waals surface area contributed by atoms with Gasteiger partial charge in [0.25, 0.3) is 0 Å². The second-order valence-electron chi connectivity index (χ2n) is 4.50. The molecule has 84 valence electrons. The van der Waals surface area contributed by atoms with Crippen LogP contribution in [0, 0.1) is 11.3 Å².